The summed E-state index contributed by atoms with van der Waals surface area (Å²) in [5.74, 6) is 0.519. The van der Waals surface area contributed by atoms with Gasteiger partial charge in [-0.05, 0) is 55.5 Å². The Morgan fingerprint density at radius 1 is 1.19 bits per heavy atom. The summed E-state index contributed by atoms with van der Waals surface area (Å²) in [6, 6.07) is 7.93. The Labute approximate surface area is 183 Å². The van der Waals surface area contributed by atoms with Crippen LogP contribution < -0.4 is 26.6 Å². The normalized spacial score (nSPS) is 16.9. The van der Waals surface area contributed by atoms with Gasteiger partial charge in [-0.25, -0.2) is 9.78 Å². The summed E-state index contributed by atoms with van der Waals surface area (Å²) >= 11 is 0. The first kappa shape index (κ1) is 21.5. The zero-order valence-electron chi connectivity index (χ0n) is 17.1. The molecule has 0 unspecified atom stereocenters. The highest BCUT2D eigenvalue weighted by molar-refractivity contribution is 5.97. The van der Waals surface area contributed by atoms with Gasteiger partial charge in [0.1, 0.15) is 5.82 Å². The number of hydrogen-bond donors (Lipinski definition) is 3. The molecule has 32 heavy (non-hydrogen) atoms. The number of carbonyl (C=O) groups excluding carboxylic acids is 1. The van der Waals surface area contributed by atoms with E-state index in [1.54, 1.807) is 17.0 Å². The van der Waals surface area contributed by atoms with Crippen LogP contribution in [-0.4, -0.2) is 30.1 Å². The summed E-state index contributed by atoms with van der Waals surface area (Å²) in [4.78, 5) is 21.5. The van der Waals surface area contributed by atoms with Crippen molar-refractivity contribution in [1.82, 2.24) is 10.3 Å². The predicted octanol–water partition coefficient (Wildman–Crippen LogP) is 3.54. The number of alkyl halides is 3. The largest absolute Gasteiger partial charge is 0.416 e. The third kappa shape index (κ3) is 4.20. The van der Waals surface area contributed by atoms with Crippen molar-refractivity contribution in [3.8, 4) is 11.3 Å². The molecule has 7 nitrogen and oxygen atoms in total. The maximum Gasteiger partial charge on any atom is 0.416 e. The number of nitrogens with one attached hydrogen (secondary N) is 1. The Kier molecular flexibility index (Phi) is 5.68. The molecular formula is C22H23F3N6O. The number of allylic oxidation sites excluding steroid dienone is 2. The number of halogens is 3. The van der Waals surface area contributed by atoms with Gasteiger partial charge in [0.15, 0.2) is 5.82 Å². The summed E-state index contributed by atoms with van der Waals surface area (Å²) in [5.41, 5.74) is 11.8. The van der Waals surface area contributed by atoms with Gasteiger partial charge in [0.05, 0.1) is 16.9 Å². The van der Waals surface area contributed by atoms with Crippen molar-refractivity contribution >= 4 is 17.5 Å². The Morgan fingerprint density at radius 2 is 1.94 bits per heavy atom. The Bertz CT molecular complexity index is 1070. The monoisotopic (exact) mass is 444 g/mol. The van der Waals surface area contributed by atoms with Gasteiger partial charge in [-0.2, -0.15) is 13.2 Å². The van der Waals surface area contributed by atoms with Crippen LogP contribution in [0.25, 0.3) is 11.3 Å². The number of carbonyl (C=O) groups is 1. The molecule has 3 aliphatic rings. The molecule has 5 rings (SSSR count). The standard InChI is InChI=1S/C22H23F3N6O/c23-22(24,25)15-4-1-3-14(13-15)17-6-7-18-20(28-17)31(16-8-11-30(18)12-9-16)21(32)29-19(27)5-2-10-26/h1-7,10,13,16H,8-9,11-12,26-27H2,(H,29,32)/b10-2-,19-5+. The van der Waals surface area contributed by atoms with Crippen molar-refractivity contribution in [1.29, 1.82) is 0 Å². The fraction of sp³-hybridized carbons (Fsp3) is 0.273. The Hall–Kier alpha value is -3.69. The van der Waals surface area contributed by atoms with Crippen molar-refractivity contribution in [2.75, 3.05) is 22.9 Å². The molecule has 4 heterocycles. The number of urea groups is 1. The topological polar surface area (TPSA) is 101 Å². The second kappa shape index (κ2) is 8.45. The minimum Gasteiger partial charge on any atom is -0.405 e. The van der Waals surface area contributed by atoms with Crippen LogP contribution >= 0.6 is 0 Å². The molecule has 0 spiro atoms. The third-order valence-corrected chi connectivity index (χ3v) is 5.60. The van der Waals surface area contributed by atoms with Crippen LogP contribution in [0.15, 0.2) is 60.6 Å². The number of nitrogens with zero attached hydrogens (tertiary/aromatic N) is 3. The van der Waals surface area contributed by atoms with Crippen LogP contribution in [0.5, 0.6) is 0 Å². The van der Waals surface area contributed by atoms with Gasteiger partial charge < -0.3 is 16.4 Å². The van der Waals surface area contributed by atoms with Crippen LogP contribution in [0, 0.1) is 0 Å². The van der Waals surface area contributed by atoms with Crippen molar-refractivity contribution < 1.29 is 18.0 Å². The average Bonchev–Trinajstić information content (AvgIpc) is 3.02. The summed E-state index contributed by atoms with van der Waals surface area (Å²) < 4.78 is 39.5. The number of benzene rings is 1. The maximum atomic E-state index is 13.2. The highest BCUT2D eigenvalue weighted by Gasteiger charge is 2.37. The van der Waals surface area contributed by atoms with E-state index in [4.69, 9.17) is 11.5 Å². The van der Waals surface area contributed by atoms with Crippen LogP contribution in [0.3, 0.4) is 0 Å². The molecule has 3 aliphatic heterocycles. The zero-order chi connectivity index (χ0) is 22.9. The predicted molar refractivity (Wildman–Crippen MR) is 117 cm³/mol. The van der Waals surface area contributed by atoms with E-state index >= 15 is 0 Å². The summed E-state index contributed by atoms with van der Waals surface area (Å²) in [5, 5.41) is 2.64. The highest BCUT2D eigenvalue weighted by Crippen LogP contribution is 2.40. The number of amides is 2. The number of nitrogens with two attached hydrogens (primary N) is 2. The number of pyridine rings is 1. The average molecular weight is 444 g/mol. The number of anilines is 2. The number of fused-ring (bicyclic) bond motifs is 2. The van der Waals surface area contributed by atoms with E-state index in [-0.39, 0.29) is 11.9 Å². The van der Waals surface area contributed by atoms with Crippen LogP contribution in [0.1, 0.15) is 18.4 Å². The first-order valence-corrected chi connectivity index (χ1v) is 10.2. The summed E-state index contributed by atoms with van der Waals surface area (Å²) in [7, 11) is 0. The molecule has 168 valence electrons. The van der Waals surface area contributed by atoms with Gasteiger partial charge >= 0.3 is 12.2 Å². The lowest BCUT2D eigenvalue weighted by atomic mass is 10.1. The zero-order valence-corrected chi connectivity index (χ0v) is 17.1. The summed E-state index contributed by atoms with van der Waals surface area (Å²) in [6.07, 6.45) is 1.28. The molecule has 0 saturated carbocycles. The lowest BCUT2D eigenvalue weighted by molar-refractivity contribution is -0.137. The van der Waals surface area contributed by atoms with Crippen molar-refractivity contribution in [3.63, 3.8) is 0 Å². The lowest BCUT2D eigenvalue weighted by Gasteiger charge is -2.31. The first-order chi connectivity index (χ1) is 15.3. The summed E-state index contributed by atoms with van der Waals surface area (Å²) in [6.45, 7) is 1.51. The second-order valence-corrected chi connectivity index (χ2v) is 7.64. The second-order valence-electron chi connectivity index (χ2n) is 7.64. The number of piperidine rings is 1. The van der Waals surface area contributed by atoms with E-state index in [1.807, 2.05) is 6.07 Å². The molecule has 0 atom stereocenters. The van der Waals surface area contributed by atoms with Crippen LogP contribution in [0.2, 0.25) is 0 Å². The van der Waals surface area contributed by atoms with E-state index in [1.165, 1.54) is 24.4 Å². The van der Waals surface area contributed by atoms with E-state index in [0.29, 0.717) is 17.1 Å². The number of rotatable bonds is 3. The SMILES string of the molecule is N/C=C\C=C(/N)NC(=O)N1c2nc(-c3cccc(C(F)(F)F)c3)ccc2N2CCC1CC2. The molecule has 5 N–H and O–H groups in total. The van der Waals surface area contributed by atoms with Crippen LogP contribution in [-0.2, 0) is 6.18 Å². The van der Waals surface area contributed by atoms with Gasteiger partial charge in [-0.1, -0.05) is 12.1 Å². The van der Waals surface area contributed by atoms with E-state index in [0.717, 1.165) is 43.8 Å². The Balaban J connectivity index is 1.75. The van der Waals surface area contributed by atoms with E-state index in [9.17, 15) is 18.0 Å². The van der Waals surface area contributed by atoms with Crippen molar-refractivity contribution in [3.05, 3.63) is 66.1 Å². The molecule has 0 radical (unpaired) electrons. The van der Waals surface area contributed by atoms with Gasteiger partial charge in [0.25, 0.3) is 0 Å². The van der Waals surface area contributed by atoms with Crippen molar-refractivity contribution in [2.24, 2.45) is 11.5 Å². The molecule has 2 aromatic rings. The number of hydrogen-bond acceptors (Lipinski definition) is 5. The molecule has 1 aromatic heterocycles. The molecule has 1 fully saturated rings. The quantitative estimate of drug-likeness (QED) is 0.629. The van der Waals surface area contributed by atoms with Gasteiger partial charge in [0, 0.05) is 24.7 Å². The van der Waals surface area contributed by atoms with E-state index < -0.39 is 17.8 Å². The molecule has 2 amide bonds. The molecule has 10 heteroatoms. The minimum absolute atomic E-state index is 0.102. The van der Waals surface area contributed by atoms with Crippen molar-refractivity contribution in [2.45, 2.75) is 25.1 Å². The minimum atomic E-state index is -4.46. The fourth-order valence-electron chi connectivity index (χ4n) is 4.07. The highest BCUT2D eigenvalue weighted by atomic mass is 19.4. The first-order valence-electron chi connectivity index (χ1n) is 10.2. The maximum absolute atomic E-state index is 13.2. The van der Waals surface area contributed by atoms with Crippen LogP contribution in [0.4, 0.5) is 29.5 Å². The molecule has 2 bridgehead atoms. The Morgan fingerprint density at radius 3 is 2.62 bits per heavy atom. The number of aromatic nitrogens is 1. The van der Waals surface area contributed by atoms with Gasteiger partial charge in [-0.3, -0.25) is 10.2 Å². The molecule has 0 aliphatic carbocycles. The smallest absolute Gasteiger partial charge is 0.405 e. The third-order valence-electron chi connectivity index (χ3n) is 5.60. The van der Waals surface area contributed by atoms with Gasteiger partial charge in [-0.15, -0.1) is 0 Å². The van der Waals surface area contributed by atoms with E-state index in [2.05, 4.69) is 15.2 Å². The molecule has 1 saturated heterocycles. The van der Waals surface area contributed by atoms with Gasteiger partial charge in [0.2, 0.25) is 0 Å². The molecular weight excluding hydrogens is 421 g/mol. The fourth-order valence-corrected chi connectivity index (χ4v) is 4.07. The molecule has 1 aromatic carbocycles. The lowest BCUT2D eigenvalue weighted by Crippen LogP contribution is -2.49.